The summed E-state index contributed by atoms with van der Waals surface area (Å²) < 4.78 is 0. The van der Waals surface area contributed by atoms with Gasteiger partial charge in [0.15, 0.2) is 0 Å². The molecule has 0 radical (unpaired) electrons. The van der Waals surface area contributed by atoms with E-state index in [-0.39, 0.29) is 5.92 Å². The molecule has 1 aromatic heterocycles. The monoisotopic (exact) mass is 249 g/mol. The fourth-order valence-electron chi connectivity index (χ4n) is 2.01. The zero-order valence-electron chi connectivity index (χ0n) is 10.8. The number of nitrogens with one attached hydrogen (secondary N) is 1. The summed E-state index contributed by atoms with van der Waals surface area (Å²) in [5.41, 5.74) is 1.16. The van der Waals surface area contributed by atoms with Crippen molar-refractivity contribution in [1.29, 1.82) is 0 Å². The Balaban J connectivity index is 2.35. The minimum Gasteiger partial charge on any atom is -0.478 e. The van der Waals surface area contributed by atoms with E-state index >= 15 is 0 Å². The first-order valence-electron chi connectivity index (χ1n) is 6.29. The number of carbonyl (C=O) groups is 1. The summed E-state index contributed by atoms with van der Waals surface area (Å²) in [4.78, 5) is 17.9. The van der Waals surface area contributed by atoms with Crippen molar-refractivity contribution in [2.24, 2.45) is 0 Å². The molecular formula is C13H19N3O2. The number of aromatic carboxylic acids is 1. The molecule has 1 aromatic rings. The van der Waals surface area contributed by atoms with Gasteiger partial charge in [-0.15, -0.1) is 0 Å². The first-order valence-corrected chi connectivity index (χ1v) is 6.29. The number of rotatable bonds is 3. The fourth-order valence-corrected chi connectivity index (χ4v) is 2.01. The van der Waals surface area contributed by atoms with E-state index in [1.54, 1.807) is 12.1 Å². The number of hydrogen-bond donors (Lipinski definition) is 2. The van der Waals surface area contributed by atoms with Crippen molar-refractivity contribution < 1.29 is 9.90 Å². The summed E-state index contributed by atoms with van der Waals surface area (Å²) in [5.74, 6) is 0.113. The highest BCUT2D eigenvalue weighted by molar-refractivity contribution is 5.88. The van der Waals surface area contributed by atoms with E-state index in [1.165, 1.54) is 0 Å². The third-order valence-electron chi connectivity index (χ3n) is 3.11. The maximum absolute atomic E-state index is 11.2. The third kappa shape index (κ3) is 2.79. The van der Waals surface area contributed by atoms with Crippen molar-refractivity contribution in [3.63, 3.8) is 0 Å². The number of hydrogen-bond acceptors (Lipinski definition) is 4. The highest BCUT2D eigenvalue weighted by Gasteiger charge is 2.16. The molecule has 0 spiro atoms. The van der Waals surface area contributed by atoms with Crippen molar-refractivity contribution in [3.8, 4) is 0 Å². The van der Waals surface area contributed by atoms with Crippen LogP contribution in [-0.2, 0) is 0 Å². The lowest BCUT2D eigenvalue weighted by molar-refractivity contribution is 0.0696. The molecule has 0 atom stereocenters. The van der Waals surface area contributed by atoms with Crippen LogP contribution in [0, 0.1) is 0 Å². The summed E-state index contributed by atoms with van der Waals surface area (Å²) in [6.07, 6.45) is 0. The Morgan fingerprint density at radius 2 is 2.06 bits per heavy atom. The Morgan fingerprint density at radius 3 is 2.61 bits per heavy atom. The van der Waals surface area contributed by atoms with Crippen molar-refractivity contribution in [3.05, 3.63) is 23.4 Å². The molecule has 1 aliphatic heterocycles. The van der Waals surface area contributed by atoms with Crippen molar-refractivity contribution >= 4 is 11.8 Å². The van der Waals surface area contributed by atoms with Gasteiger partial charge < -0.3 is 15.3 Å². The van der Waals surface area contributed by atoms with Crippen molar-refractivity contribution in [2.75, 3.05) is 31.1 Å². The van der Waals surface area contributed by atoms with Crippen LogP contribution in [0.25, 0.3) is 0 Å². The van der Waals surface area contributed by atoms with Crippen molar-refractivity contribution in [1.82, 2.24) is 10.3 Å². The lowest BCUT2D eigenvalue weighted by Gasteiger charge is -2.29. The summed E-state index contributed by atoms with van der Waals surface area (Å²) in [5, 5.41) is 12.4. The molecule has 2 rings (SSSR count). The predicted octanol–water partition coefficient (Wildman–Crippen LogP) is 1.31. The molecule has 98 valence electrons. The van der Waals surface area contributed by atoms with Gasteiger partial charge in [0, 0.05) is 31.9 Å². The highest BCUT2D eigenvalue weighted by atomic mass is 16.4. The summed E-state index contributed by atoms with van der Waals surface area (Å²) in [7, 11) is 0. The van der Waals surface area contributed by atoms with Crippen LogP contribution < -0.4 is 10.2 Å². The van der Waals surface area contributed by atoms with Crippen LogP contribution in [0.15, 0.2) is 12.1 Å². The minimum absolute atomic E-state index is 0.228. The van der Waals surface area contributed by atoms with Crippen LogP contribution >= 0.6 is 0 Å². The number of pyridine rings is 1. The lowest BCUT2D eigenvalue weighted by Crippen LogP contribution is -2.44. The van der Waals surface area contributed by atoms with Gasteiger partial charge in [-0.1, -0.05) is 13.8 Å². The Labute approximate surface area is 107 Å². The van der Waals surface area contributed by atoms with E-state index in [2.05, 4.69) is 15.2 Å². The van der Waals surface area contributed by atoms with Crippen LogP contribution in [0.1, 0.15) is 35.8 Å². The van der Waals surface area contributed by atoms with Gasteiger partial charge in [-0.3, -0.25) is 0 Å². The third-order valence-corrected chi connectivity index (χ3v) is 3.11. The van der Waals surface area contributed by atoms with Gasteiger partial charge in [-0.05, 0) is 18.1 Å². The average molecular weight is 249 g/mol. The van der Waals surface area contributed by atoms with Crippen LogP contribution in [0.4, 0.5) is 5.82 Å². The molecule has 5 heteroatoms. The second kappa shape index (κ2) is 5.35. The molecule has 2 N–H and O–H groups in total. The number of aromatic nitrogens is 1. The Kier molecular flexibility index (Phi) is 3.81. The molecule has 18 heavy (non-hydrogen) atoms. The van der Waals surface area contributed by atoms with Gasteiger partial charge in [0.2, 0.25) is 0 Å². The highest BCUT2D eigenvalue weighted by Crippen LogP contribution is 2.20. The number of anilines is 1. The molecule has 0 aromatic carbocycles. The molecule has 2 heterocycles. The number of carboxylic acids is 1. The topological polar surface area (TPSA) is 65.5 Å². The first kappa shape index (κ1) is 12.8. The molecule has 1 aliphatic rings. The zero-order valence-corrected chi connectivity index (χ0v) is 10.8. The van der Waals surface area contributed by atoms with E-state index in [1.807, 2.05) is 13.8 Å². The molecule has 0 amide bonds. The van der Waals surface area contributed by atoms with Gasteiger partial charge >= 0.3 is 5.97 Å². The normalized spacial score (nSPS) is 16.1. The molecule has 0 unspecified atom stereocenters. The van der Waals surface area contributed by atoms with E-state index in [0.717, 1.165) is 37.7 Å². The maximum atomic E-state index is 11.2. The quantitative estimate of drug-likeness (QED) is 0.845. The maximum Gasteiger partial charge on any atom is 0.335 e. The Hall–Kier alpha value is -1.62. The summed E-state index contributed by atoms with van der Waals surface area (Å²) in [6, 6.07) is 3.33. The molecule has 0 saturated carbocycles. The van der Waals surface area contributed by atoms with E-state index in [4.69, 9.17) is 5.11 Å². The average Bonchev–Trinajstić information content (AvgIpc) is 2.39. The van der Waals surface area contributed by atoms with Gasteiger partial charge in [-0.25, -0.2) is 9.78 Å². The van der Waals surface area contributed by atoms with Crippen LogP contribution in [0.3, 0.4) is 0 Å². The van der Waals surface area contributed by atoms with Crippen LogP contribution in [-0.4, -0.2) is 42.2 Å². The standard InChI is InChI=1S/C13H19N3O2/c1-9(2)11-7-10(13(17)18)8-12(15-11)16-5-3-14-4-6-16/h7-9,14H,3-6H2,1-2H3,(H,17,18). The largest absolute Gasteiger partial charge is 0.478 e. The summed E-state index contributed by atoms with van der Waals surface area (Å²) >= 11 is 0. The van der Waals surface area contributed by atoms with Crippen LogP contribution in [0.2, 0.25) is 0 Å². The van der Waals surface area contributed by atoms with Crippen molar-refractivity contribution in [2.45, 2.75) is 19.8 Å². The minimum atomic E-state index is -0.893. The SMILES string of the molecule is CC(C)c1cc(C(=O)O)cc(N2CCNCC2)n1. The molecule has 0 bridgehead atoms. The van der Waals surface area contributed by atoms with Gasteiger partial charge in [-0.2, -0.15) is 0 Å². The van der Waals surface area contributed by atoms with E-state index < -0.39 is 5.97 Å². The van der Waals surface area contributed by atoms with Gasteiger partial charge in [0.25, 0.3) is 0 Å². The molecule has 1 saturated heterocycles. The fraction of sp³-hybridized carbons (Fsp3) is 0.538. The summed E-state index contributed by atoms with van der Waals surface area (Å²) in [6.45, 7) is 7.61. The number of carboxylic acid groups (broad SMARTS) is 1. The lowest BCUT2D eigenvalue weighted by atomic mass is 10.1. The number of piperazine rings is 1. The second-order valence-electron chi connectivity index (χ2n) is 4.84. The Morgan fingerprint density at radius 1 is 1.39 bits per heavy atom. The smallest absolute Gasteiger partial charge is 0.335 e. The Bertz CT molecular complexity index is 440. The number of nitrogens with zero attached hydrogens (tertiary/aromatic N) is 2. The first-order chi connectivity index (χ1) is 8.58. The molecule has 1 fully saturated rings. The molecule has 0 aliphatic carbocycles. The predicted molar refractivity (Wildman–Crippen MR) is 70.4 cm³/mol. The van der Waals surface area contributed by atoms with Gasteiger partial charge in [0.1, 0.15) is 5.82 Å². The molecular weight excluding hydrogens is 230 g/mol. The second-order valence-corrected chi connectivity index (χ2v) is 4.84. The molecule has 5 nitrogen and oxygen atoms in total. The van der Waals surface area contributed by atoms with E-state index in [9.17, 15) is 4.79 Å². The van der Waals surface area contributed by atoms with Gasteiger partial charge in [0.05, 0.1) is 5.56 Å². The zero-order chi connectivity index (χ0) is 13.1. The van der Waals surface area contributed by atoms with E-state index in [0.29, 0.717) is 5.56 Å². The van der Waals surface area contributed by atoms with Crippen LogP contribution in [0.5, 0.6) is 0 Å².